The van der Waals surface area contributed by atoms with Gasteiger partial charge in [-0.3, -0.25) is 0 Å². The highest BCUT2D eigenvalue weighted by Gasteiger charge is 2.41. The van der Waals surface area contributed by atoms with E-state index < -0.39 is 11.0 Å². The van der Waals surface area contributed by atoms with E-state index >= 15 is 0 Å². The van der Waals surface area contributed by atoms with Crippen LogP contribution in [0.2, 0.25) is 0 Å². The van der Waals surface area contributed by atoms with E-state index in [-0.39, 0.29) is 28.9 Å². The van der Waals surface area contributed by atoms with Crippen LogP contribution in [0.1, 0.15) is 60.3 Å². The first-order chi connectivity index (χ1) is 9.19. The van der Waals surface area contributed by atoms with Crippen LogP contribution in [0, 0.1) is 5.41 Å². The first kappa shape index (κ1) is 18.1. The molecule has 0 aliphatic carbocycles. The number of rotatable bonds is 7. The Bertz CT molecular complexity index is 320. The summed E-state index contributed by atoms with van der Waals surface area (Å²) in [7, 11) is -1.10. The van der Waals surface area contributed by atoms with Gasteiger partial charge in [-0.05, 0) is 46.5 Å². The second kappa shape index (κ2) is 7.34. The van der Waals surface area contributed by atoms with Crippen LogP contribution in [0.15, 0.2) is 0 Å². The molecule has 0 aromatic carbocycles. The Morgan fingerprint density at radius 2 is 2.00 bits per heavy atom. The maximum absolute atomic E-state index is 12.4. The van der Waals surface area contributed by atoms with Crippen molar-refractivity contribution in [1.82, 2.24) is 4.72 Å². The summed E-state index contributed by atoms with van der Waals surface area (Å²) in [5, 5.41) is 9.11. The summed E-state index contributed by atoms with van der Waals surface area (Å²) in [4.78, 5) is 0. The first-order valence-corrected chi connectivity index (χ1v) is 8.75. The van der Waals surface area contributed by atoms with Gasteiger partial charge >= 0.3 is 0 Å². The van der Waals surface area contributed by atoms with Crippen molar-refractivity contribution in [3.05, 3.63) is 0 Å². The molecular weight excluding hydrogens is 274 g/mol. The molecule has 0 radical (unpaired) electrons. The van der Waals surface area contributed by atoms with Crippen LogP contribution in [-0.2, 0) is 15.7 Å². The van der Waals surface area contributed by atoms with E-state index in [0.717, 1.165) is 32.3 Å². The minimum atomic E-state index is -1.10. The number of ether oxygens (including phenoxy) is 1. The molecule has 0 spiro atoms. The van der Waals surface area contributed by atoms with Crippen molar-refractivity contribution < 1.29 is 14.1 Å². The molecule has 0 bridgehead atoms. The number of hydrogen-bond acceptors (Lipinski definition) is 3. The fourth-order valence-electron chi connectivity index (χ4n) is 2.57. The van der Waals surface area contributed by atoms with E-state index in [1.54, 1.807) is 0 Å². The van der Waals surface area contributed by atoms with Crippen LogP contribution in [0.3, 0.4) is 0 Å². The molecule has 3 atom stereocenters. The van der Waals surface area contributed by atoms with Gasteiger partial charge in [0.1, 0.15) is 0 Å². The highest BCUT2D eigenvalue weighted by Crippen LogP contribution is 2.36. The second-order valence-electron chi connectivity index (χ2n) is 7.24. The van der Waals surface area contributed by atoms with E-state index in [2.05, 4.69) is 18.6 Å². The van der Waals surface area contributed by atoms with Crippen LogP contribution in [0.5, 0.6) is 0 Å². The number of hydrogen-bond donors (Lipinski definition) is 2. The van der Waals surface area contributed by atoms with Crippen LogP contribution in [0.4, 0.5) is 0 Å². The predicted molar refractivity (Wildman–Crippen MR) is 83.9 cm³/mol. The largest absolute Gasteiger partial charge is 0.396 e. The molecule has 0 aromatic heterocycles. The topological polar surface area (TPSA) is 58.6 Å². The van der Waals surface area contributed by atoms with Gasteiger partial charge in [-0.2, -0.15) is 0 Å². The standard InChI is InChI=1S/C15H31NO3S/c1-14(2,3)20(18)16-12(8-6-10-17)15(4,5)13-9-7-11-19-13/h12-13,16-17H,6-11H2,1-5H3/t12?,13?,20-/m0/s1. The first-order valence-electron chi connectivity index (χ1n) is 7.60. The molecule has 5 heteroatoms. The molecule has 1 aliphatic rings. The fraction of sp³-hybridized carbons (Fsp3) is 1.00. The molecule has 20 heavy (non-hydrogen) atoms. The maximum atomic E-state index is 12.4. The lowest BCUT2D eigenvalue weighted by Crippen LogP contribution is -2.51. The molecule has 1 aliphatic heterocycles. The fourth-order valence-corrected chi connectivity index (χ4v) is 3.61. The van der Waals surface area contributed by atoms with Gasteiger partial charge in [0, 0.05) is 24.7 Å². The average Bonchev–Trinajstić information content (AvgIpc) is 2.86. The smallest absolute Gasteiger partial charge is 0.0972 e. The Kier molecular flexibility index (Phi) is 6.64. The van der Waals surface area contributed by atoms with E-state index in [1.807, 2.05) is 20.8 Å². The van der Waals surface area contributed by atoms with Crippen molar-refractivity contribution in [2.24, 2.45) is 5.41 Å². The summed E-state index contributed by atoms with van der Waals surface area (Å²) in [5.41, 5.74) is -0.0907. The van der Waals surface area contributed by atoms with Crippen molar-refractivity contribution >= 4 is 11.0 Å². The lowest BCUT2D eigenvalue weighted by Gasteiger charge is -2.40. The predicted octanol–water partition coefficient (Wildman–Crippen LogP) is 2.38. The molecule has 2 unspecified atom stereocenters. The minimum absolute atomic E-state index is 0.0813. The lowest BCUT2D eigenvalue weighted by atomic mass is 9.76. The van der Waals surface area contributed by atoms with Gasteiger partial charge in [0.05, 0.1) is 21.8 Å². The second-order valence-corrected chi connectivity index (χ2v) is 9.24. The van der Waals surface area contributed by atoms with Crippen molar-refractivity contribution in [2.45, 2.75) is 77.2 Å². The van der Waals surface area contributed by atoms with Crippen molar-refractivity contribution in [3.63, 3.8) is 0 Å². The zero-order chi connectivity index (χ0) is 15.4. The Balaban J connectivity index is 2.79. The van der Waals surface area contributed by atoms with E-state index in [0.29, 0.717) is 0 Å². The summed E-state index contributed by atoms with van der Waals surface area (Å²) in [6.07, 6.45) is 3.89. The third-order valence-corrected chi connectivity index (χ3v) is 5.72. The highest BCUT2D eigenvalue weighted by molar-refractivity contribution is 7.84. The van der Waals surface area contributed by atoms with Gasteiger partial charge in [-0.15, -0.1) is 0 Å². The maximum Gasteiger partial charge on any atom is 0.0972 e. The van der Waals surface area contributed by atoms with Crippen molar-refractivity contribution in [1.29, 1.82) is 0 Å². The third kappa shape index (κ3) is 4.79. The number of aliphatic hydroxyl groups excluding tert-OH is 1. The van der Waals surface area contributed by atoms with Gasteiger partial charge < -0.3 is 9.84 Å². The van der Waals surface area contributed by atoms with E-state index in [9.17, 15) is 4.21 Å². The normalized spacial score (nSPS) is 23.8. The molecule has 4 nitrogen and oxygen atoms in total. The lowest BCUT2D eigenvalue weighted by molar-refractivity contribution is -0.000899. The van der Waals surface area contributed by atoms with Gasteiger partial charge in [-0.1, -0.05) is 13.8 Å². The minimum Gasteiger partial charge on any atom is -0.396 e. The number of aliphatic hydroxyl groups is 1. The molecule has 120 valence electrons. The van der Waals surface area contributed by atoms with Crippen LogP contribution >= 0.6 is 0 Å². The van der Waals surface area contributed by atoms with E-state index in [4.69, 9.17) is 9.84 Å². The van der Waals surface area contributed by atoms with Gasteiger partial charge in [-0.25, -0.2) is 8.93 Å². The van der Waals surface area contributed by atoms with Crippen molar-refractivity contribution in [2.75, 3.05) is 13.2 Å². The summed E-state index contributed by atoms with van der Waals surface area (Å²) in [5.74, 6) is 0. The average molecular weight is 305 g/mol. The molecule has 2 N–H and O–H groups in total. The summed E-state index contributed by atoms with van der Waals surface area (Å²) in [6, 6.07) is 0.0813. The summed E-state index contributed by atoms with van der Waals surface area (Å²) in [6.45, 7) is 11.3. The molecule has 1 rings (SSSR count). The summed E-state index contributed by atoms with van der Waals surface area (Å²) < 4.78 is 21.2. The van der Waals surface area contributed by atoms with Gasteiger partial charge in [0.25, 0.3) is 0 Å². The Labute approximate surface area is 126 Å². The van der Waals surface area contributed by atoms with Crippen LogP contribution in [0.25, 0.3) is 0 Å². The molecule has 0 aromatic rings. The Morgan fingerprint density at radius 3 is 2.45 bits per heavy atom. The van der Waals surface area contributed by atoms with E-state index in [1.165, 1.54) is 0 Å². The molecule has 0 amide bonds. The molecule has 1 fully saturated rings. The van der Waals surface area contributed by atoms with Crippen molar-refractivity contribution in [3.8, 4) is 0 Å². The molecule has 0 saturated carbocycles. The summed E-state index contributed by atoms with van der Waals surface area (Å²) >= 11 is 0. The highest BCUT2D eigenvalue weighted by atomic mass is 32.2. The van der Waals surface area contributed by atoms with Crippen LogP contribution < -0.4 is 4.72 Å². The molecule has 1 saturated heterocycles. The zero-order valence-corrected chi connectivity index (χ0v) is 14.4. The quantitative estimate of drug-likeness (QED) is 0.759. The number of nitrogens with one attached hydrogen (secondary N) is 1. The van der Waals surface area contributed by atoms with Gasteiger partial charge in [0.2, 0.25) is 0 Å². The molecular formula is C15H31NO3S. The third-order valence-electron chi connectivity index (χ3n) is 4.11. The SMILES string of the molecule is CC(C)(C(CCCO)N[S@@](=O)C(C)(C)C)C1CCCO1. The zero-order valence-electron chi connectivity index (χ0n) is 13.6. The van der Waals surface area contributed by atoms with Gasteiger partial charge in [0.15, 0.2) is 0 Å². The molecule has 1 heterocycles. The Hall–Kier alpha value is 0.0300. The monoisotopic (exact) mass is 305 g/mol. The Morgan fingerprint density at radius 1 is 1.35 bits per heavy atom. The van der Waals surface area contributed by atoms with Crippen LogP contribution in [-0.4, -0.2) is 39.4 Å².